The molecule has 2 aromatic carbocycles. The van der Waals surface area contributed by atoms with Gasteiger partial charge in [-0.2, -0.15) is 0 Å². The third kappa shape index (κ3) is 8.00. The summed E-state index contributed by atoms with van der Waals surface area (Å²) in [5.41, 5.74) is 0.781. The molecule has 0 fully saturated rings. The Bertz CT molecular complexity index is 815. The van der Waals surface area contributed by atoms with E-state index in [-0.39, 0.29) is 24.2 Å². The second-order valence-electron chi connectivity index (χ2n) is 7.02. The Balaban J connectivity index is 2.02. The molecule has 7 heteroatoms. The third-order valence-corrected chi connectivity index (χ3v) is 5.93. The van der Waals surface area contributed by atoms with E-state index >= 15 is 0 Å². The van der Waals surface area contributed by atoms with E-state index in [0.29, 0.717) is 23.7 Å². The maximum atomic E-state index is 13.2. The lowest BCUT2D eigenvalue weighted by Gasteiger charge is -2.29. The van der Waals surface area contributed by atoms with Gasteiger partial charge in [0.05, 0.1) is 0 Å². The van der Waals surface area contributed by atoms with Crippen molar-refractivity contribution in [3.63, 3.8) is 0 Å². The van der Waals surface area contributed by atoms with E-state index in [1.165, 1.54) is 12.1 Å². The topological polar surface area (TPSA) is 49.4 Å². The molecule has 162 valence electrons. The predicted octanol–water partition coefficient (Wildman–Crippen LogP) is 5.29. The Labute approximate surface area is 187 Å². The van der Waals surface area contributed by atoms with E-state index in [1.54, 1.807) is 35.7 Å². The molecule has 4 nitrogen and oxygen atoms in total. The van der Waals surface area contributed by atoms with Crippen LogP contribution in [0.3, 0.4) is 0 Å². The Morgan fingerprint density at radius 3 is 2.43 bits per heavy atom. The van der Waals surface area contributed by atoms with E-state index in [4.69, 9.17) is 11.6 Å². The van der Waals surface area contributed by atoms with Crippen LogP contribution in [0.5, 0.6) is 0 Å². The molecule has 0 unspecified atom stereocenters. The van der Waals surface area contributed by atoms with Crippen LogP contribution in [0.25, 0.3) is 0 Å². The summed E-state index contributed by atoms with van der Waals surface area (Å²) in [6.45, 7) is 4.63. The first-order valence-electron chi connectivity index (χ1n) is 10.1. The van der Waals surface area contributed by atoms with Crippen molar-refractivity contribution in [2.45, 2.75) is 50.6 Å². The summed E-state index contributed by atoms with van der Waals surface area (Å²) in [6.07, 6.45) is 2.16. The Hall–Kier alpha value is -2.05. The van der Waals surface area contributed by atoms with Crippen LogP contribution in [0.15, 0.2) is 53.4 Å². The minimum atomic E-state index is -0.611. The summed E-state index contributed by atoms with van der Waals surface area (Å²) >= 11 is 7.47. The quantitative estimate of drug-likeness (QED) is 0.373. The number of nitrogens with one attached hydrogen (secondary N) is 1. The molecule has 1 atom stereocenters. The number of thioether (sulfide) groups is 1. The van der Waals surface area contributed by atoms with Crippen LogP contribution in [-0.4, -0.2) is 35.1 Å². The van der Waals surface area contributed by atoms with Gasteiger partial charge in [-0.3, -0.25) is 9.59 Å². The average molecular weight is 451 g/mol. The SMILES string of the molecule is CCCCNC(=O)[C@@H](C)N(Cc1ccc(F)cc1)C(=O)CCSc1ccc(Cl)cc1. The van der Waals surface area contributed by atoms with E-state index in [2.05, 4.69) is 12.2 Å². The summed E-state index contributed by atoms with van der Waals surface area (Å²) in [4.78, 5) is 28.1. The van der Waals surface area contributed by atoms with Crippen LogP contribution in [0.2, 0.25) is 5.02 Å². The molecule has 2 amide bonds. The van der Waals surface area contributed by atoms with E-state index < -0.39 is 6.04 Å². The number of carbonyl (C=O) groups excluding carboxylic acids is 2. The summed E-state index contributed by atoms with van der Waals surface area (Å²) in [7, 11) is 0. The van der Waals surface area contributed by atoms with Crippen LogP contribution in [0.1, 0.15) is 38.7 Å². The fourth-order valence-corrected chi connectivity index (χ4v) is 3.80. The Kier molecular flexibility index (Phi) is 10.2. The van der Waals surface area contributed by atoms with E-state index in [0.717, 1.165) is 23.3 Å². The maximum Gasteiger partial charge on any atom is 0.242 e. The van der Waals surface area contributed by atoms with Crippen molar-refractivity contribution in [3.05, 3.63) is 64.9 Å². The number of halogens is 2. The fraction of sp³-hybridized carbons (Fsp3) is 0.391. The molecule has 30 heavy (non-hydrogen) atoms. The van der Waals surface area contributed by atoms with Crippen molar-refractivity contribution in [2.24, 2.45) is 0 Å². The van der Waals surface area contributed by atoms with Gasteiger partial charge in [0, 0.05) is 35.2 Å². The molecule has 0 aliphatic heterocycles. The average Bonchev–Trinajstić information content (AvgIpc) is 2.74. The number of nitrogens with zero attached hydrogens (tertiary/aromatic N) is 1. The number of unbranched alkanes of at least 4 members (excludes halogenated alkanes) is 1. The number of hydrogen-bond acceptors (Lipinski definition) is 3. The normalized spacial score (nSPS) is 11.7. The van der Waals surface area contributed by atoms with Crippen molar-refractivity contribution >= 4 is 35.2 Å². The van der Waals surface area contributed by atoms with Crippen LogP contribution in [0.4, 0.5) is 4.39 Å². The first kappa shape index (κ1) is 24.2. The summed E-state index contributed by atoms with van der Waals surface area (Å²) in [5, 5.41) is 3.56. The Morgan fingerprint density at radius 1 is 1.13 bits per heavy atom. The van der Waals surface area contributed by atoms with Crippen molar-refractivity contribution < 1.29 is 14.0 Å². The van der Waals surface area contributed by atoms with Crippen molar-refractivity contribution in [1.82, 2.24) is 10.2 Å². The first-order valence-corrected chi connectivity index (χ1v) is 11.5. The number of carbonyl (C=O) groups is 2. The molecule has 0 spiro atoms. The first-order chi connectivity index (χ1) is 14.4. The lowest BCUT2D eigenvalue weighted by Crippen LogP contribution is -2.47. The molecule has 0 aromatic heterocycles. The molecule has 0 saturated heterocycles. The molecule has 2 aromatic rings. The highest BCUT2D eigenvalue weighted by molar-refractivity contribution is 7.99. The van der Waals surface area contributed by atoms with Gasteiger partial charge in [-0.05, 0) is 55.3 Å². The van der Waals surface area contributed by atoms with Crippen LogP contribution < -0.4 is 5.32 Å². The zero-order valence-electron chi connectivity index (χ0n) is 17.4. The minimum absolute atomic E-state index is 0.112. The second kappa shape index (κ2) is 12.6. The largest absolute Gasteiger partial charge is 0.354 e. The number of hydrogen-bond donors (Lipinski definition) is 1. The van der Waals surface area contributed by atoms with E-state index in [9.17, 15) is 14.0 Å². The summed E-state index contributed by atoms with van der Waals surface area (Å²) in [5.74, 6) is -0.0329. The number of benzene rings is 2. The van der Waals surface area contributed by atoms with Crippen LogP contribution in [-0.2, 0) is 16.1 Å². The standard InChI is InChI=1S/C23H28ClFN2O2S/c1-3-4-14-26-23(29)17(2)27(16-18-5-9-20(25)10-6-18)22(28)13-15-30-21-11-7-19(24)8-12-21/h5-12,17H,3-4,13-16H2,1-2H3,(H,26,29)/t17-/m1/s1. The van der Waals surface area contributed by atoms with Crippen LogP contribution in [0, 0.1) is 5.82 Å². The van der Waals surface area contributed by atoms with Gasteiger partial charge in [-0.1, -0.05) is 37.1 Å². The highest BCUT2D eigenvalue weighted by Crippen LogP contribution is 2.22. The maximum absolute atomic E-state index is 13.2. The predicted molar refractivity (Wildman–Crippen MR) is 121 cm³/mol. The highest BCUT2D eigenvalue weighted by atomic mass is 35.5. The molecule has 0 aliphatic rings. The number of amides is 2. The third-order valence-electron chi connectivity index (χ3n) is 4.66. The summed E-state index contributed by atoms with van der Waals surface area (Å²) < 4.78 is 13.2. The lowest BCUT2D eigenvalue weighted by molar-refractivity contribution is -0.140. The van der Waals surface area contributed by atoms with Crippen molar-refractivity contribution in [3.8, 4) is 0 Å². The molecule has 0 heterocycles. The monoisotopic (exact) mass is 450 g/mol. The smallest absolute Gasteiger partial charge is 0.242 e. The highest BCUT2D eigenvalue weighted by Gasteiger charge is 2.25. The van der Waals surface area contributed by atoms with E-state index in [1.807, 2.05) is 24.3 Å². The van der Waals surface area contributed by atoms with Gasteiger partial charge >= 0.3 is 0 Å². The molecule has 2 rings (SSSR count). The molecular weight excluding hydrogens is 423 g/mol. The van der Waals surface area contributed by atoms with Crippen LogP contribution >= 0.6 is 23.4 Å². The fourth-order valence-electron chi connectivity index (χ4n) is 2.84. The molecule has 1 N–H and O–H groups in total. The van der Waals surface area contributed by atoms with Gasteiger partial charge in [0.25, 0.3) is 0 Å². The second-order valence-corrected chi connectivity index (χ2v) is 8.63. The van der Waals surface area contributed by atoms with Crippen molar-refractivity contribution in [2.75, 3.05) is 12.3 Å². The van der Waals surface area contributed by atoms with Crippen molar-refractivity contribution in [1.29, 1.82) is 0 Å². The number of rotatable bonds is 11. The molecule has 0 aliphatic carbocycles. The minimum Gasteiger partial charge on any atom is -0.354 e. The zero-order chi connectivity index (χ0) is 21.9. The van der Waals surface area contributed by atoms with Gasteiger partial charge in [0.15, 0.2) is 0 Å². The molecule has 0 radical (unpaired) electrons. The van der Waals surface area contributed by atoms with Gasteiger partial charge in [0.1, 0.15) is 11.9 Å². The molecular formula is C23H28ClFN2O2S. The molecule has 0 saturated carbocycles. The van der Waals surface area contributed by atoms with Gasteiger partial charge in [-0.25, -0.2) is 4.39 Å². The summed E-state index contributed by atoms with van der Waals surface area (Å²) in [6, 6.07) is 12.8. The van der Waals surface area contributed by atoms with Gasteiger partial charge in [0.2, 0.25) is 11.8 Å². The molecule has 0 bridgehead atoms. The van der Waals surface area contributed by atoms with Gasteiger partial charge in [-0.15, -0.1) is 11.8 Å². The van der Waals surface area contributed by atoms with Gasteiger partial charge < -0.3 is 10.2 Å². The lowest BCUT2D eigenvalue weighted by atomic mass is 10.1. The Morgan fingerprint density at radius 2 is 1.80 bits per heavy atom. The zero-order valence-corrected chi connectivity index (χ0v) is 18.9.